The van der Waals surface area contributed by atoms with Crippen LogP contribution in [0.1, 0.15) is 33.0 Å². The highest BCUT2D eigenvalue weighted by Gasteiger charge is 2.12. The molecule has 1 aromatic rings. The van der Waals surface area contributed by atoms with E-state index in [0.29, 0.717) is 24.6 Å². The second-order valence-electron chi connectivity index (χ2n) is 4.09. The molecular weight excluding hydrogens is 232 g/mol. The van der Waals surface area contributed by atoms with Crippen molar-refractivity contribution in [3.63, 3.8) is 0 Å². The molecule has 0 aromatic carbocycles. The maximum atomic E-state index is 11.7. The molecule has 0 aliphatic rings. The number of aromatic nitrogens is 2. The van der Waals surface area contributed by atoms with Crippen LogP contribution in [0.3, 0.4) is 0 Å². The average molecular weight is 252 g/mol. The Balaban J connectivity index is 2.69. The number of aryl methyl sites for hydroxylation is 1. The molecule has 1 rings (SSSR count). The topological polar surface area (TPSA) is 86.9 Å². The number of carbonyl (C=O) groups is 1. The number of anilines is 1. The first-order chi connectivity index (χ1) is 8.56. The normalized spacial score (nSPS) is 11.9. The third-order valence-corrected chi connectivity index (χ3v) is 2.43. The van der Waals surface area contributed by atoms with Crippen molar-refractivity contribution in [3.05, 3.63) is 22.2 Å². The van der Waals surface area contributed by atoms with Crippen LogP contribution in [0.2, 0.25) is 0 Å². The fraction of sp³-hybridized carbons (Fsp3) is 0.583. The van der Waals surface area contributed by atoms with Crippen molar-refractivity contribution >= 4 is 11.7 Å². The van der Waals surface area contributed by atoms with Crippen LogP contribution in [0.25, 0.3) is 0 Å². The van der Waals surface area contributed by atoms with Crippen molar-refractivity contribution in [1.29, 1.82) is 0 Å². The molecule has 0 saturated heterocycles. The lowest BCUT2D eigenvalue weighted by Gasteiger charge is -2.14. The van der Waals surface area contributed by atoms with E-state index < -0.39 is 6.04 Å². The Bertz CT molecular complexity index is 456. The lowest BCUT2D eigenvalue weighted by molar-refractivity contribution is -0.121. The van der Waals surface area contributed by atoms with Gasteiger partial charge in [-0.2, -0.15) is 0 Å². The summed E-state index contributed by atoms with van der Waals surface area (Å²) in [5.41, 5.74) is -0.217. The summed E-state index contributed by atoms with van der Waals surface area (Å²) in [6.45, 7) is 6.27. The van der Waals surface area contributed by atoms with Gasteiger partial charge in [-0.25, -0.2) is 4.98 Å². The molecule has 100 valence electrons. The van der Waals surface area contributed by atoms with Gasteiger partial charge in [0, 0.05) is 19.0 Å². The number of hydrogen-bond donors (Lipinski definition) is 3. The van der Waals surface area contributed by atoms with Gasteiger partial charge in [0.05, 0.1) is 0 Å². The summed E-state index contributed by atoms with van der Waals surface area (Å²) in [6.07, 6.45) is 1.53. The highest BCUT2D eigenvalue weighted by Crippen LogP contribution is 2.02. The largest absolute Gasteiger partial charge is 0.358 e. The fourth-order valence-corrected chi connectivity index (χ4v) is 1.44. The van der Waals surface area contributed by atoms with Gasteiger partial charge in [0.1, 0.15) is 17.7 Å². The van der Waals surface area contributed by atoms with E-state index in [1.807, 2.05) is 13.8 Å². The van der Waals surface area contributed by atoms with Gasteiger partial charge in [0.25, 0.3) is 5.56 Å². The first-order valence-electron chi connectivity index (χ1n) is 6.21. The summed E-state index contributed by atoms with van der Waals surface area (Å²) in [4.78, 5) is 29.9. The Morgan fingerprint density at radius 2 is 2.22 bits per heavy atom. The number of rotatable bonds is 6. The molecular formula is C12H20N4O2. The zero-order valence-corrected chi connectivity index (χ0v) is 11.0. The number of carbonyl (C=O) groups excluding carboxylic acids is 1. The smallest absolute Gasteiger partial charge is 0.252 e. The molecule has 0 bridgehead atoms. The van der Waals surface area contributed by atoms with E-state index in [4.69, 9.17) is 0 Å². The minimum atomic E-state index is -0.421. The van der Waals surface area contributed by atoms with E-state index in [1.165, 1.54) is 6.07 Å². The first kappa shape index (κ1) is 14.2. The van der Waals surface area contributed by atoms with Crippen molar-refractivity contribution < 1.29 is 4.79 Å². The number of aromatic amines is 1. The lowest BCUT2D eigenvalue weighted by atomic mass is 10.3. The summed E-state index contributed by atoms with van der Waals surface area (Å²) in [7, 11) is 0. The Morgan fingerprint density at radius 1 is 1.50 bits per heavy atom. The van der Waals surface area contributed by atoms with E-state index in [1.54, 1.807) is 6.92 Å². The molecule has 6 heteroatoms. The summed E-state index contributed by atoms with van der Waals surface area (Å²) < 4.78 is 0. The molecule has 1 heterocycles. The third-order valence-electron chi connectivity index (χ3n) is 2.43. The Morgan fingerprint density at radius 3 is 2.83 bits per heavy atom. The van der Waals surface area contributed by atoms with Crippen LogP contribution in [0.15, 0.2) is 10.9 Å². The van der Waals surface area contributed by atoms with Crippen molar-refractivity contribution in [2.75, 3.05) is 11.9 Å². The molecule has 0 radical (unpaired) electrons. The molecule has 1 amide bonds. The second-order valence-corrected chi connectivity index (χ2v) is 4.09. The predicted molar refractivity (Wildman–Crippen MR) is 70.6 cm³/mol. The number of H-pyrrole nitrogens is 1. The second kappa shape index (κ2) is 6.78. The fourth-order valence-electron chi connectivity index (χ4n) is 1.44. The quantitative estimate of drug-likeness (QED) is 0.694. The highest BCUT2D eigenvalue weighted by molar-refractivity contribution is 5.83. The van der Waals surface area contributed by atoms with Crippen molar-refractivity contribution in [3.8, 4) is 0 Å². The molecule has 1 unspecified atom stereocenters. The van der Waals surface area contributed by atoms with Crippen LogP contribution in [0, 0.1) is 0 Å². The molecule has 0 saturated carbocycles. The third kappa shape index (κ3) is 4.20. The molecule has 3 N–H and O–H groups in total. The zero-order valence-electron chi connectivity index (χ0n) is 11.0. The van der Waals surface area contributed by atoms with E-state index in [9.17, 15) is 9.59 Å². The number of nitrogens with zero attached hydrogens (tertiary/aromatic N) is 1. The van der Waals surface area contributed by atoms with E-state index >= 15 is 0 Å². The molecule has 0 spiro atoms. The SMILES string of the molecule is CCCNC(=O)C(C)Nc1cc(=O)[nH]c(CC)n1. The van der Waals surface area contributed by atoms with Crippen LogP contribution in [-0.2, 0) is 11.2 Å². The number of hydrogen-bond acceptors (Lipinski definition) is 4. The molecule has 18 heavy (non-hydrogen) atoms. The van der Waals surface area contributed by atoms with Crippen LogP contribution in [0.4, 0.5) is 5.82 Å². The maximum absolute atomic E-state index is 11.7. The maximum Gasteiger partial charge on any atom is 0.252 e. The van der Waals surface area contributed by atoms with Crippen molar-refractivity contribution in [2.24, 2.45) is 0 Å². The predicted octanol–water partition coefficient (Wildman–Crippen LogP) is 0.659. The van der Waals surface area contributed by atoms with Crippen molar-refractivity contribution in [2.45, 2.75) is 39.7 Å². The molecule has 6 nitrogen and oxygen atoms in total. The van der Waals surface area contributed by atoms with Crippen LogP contribution in [0.5, 0.6) is 0 Å². The van der Waals surface area contributed by atoms with Gasteiger partial charge in [-0.1, -0.05) is 13.8 Å². The first-order valence-corrected chi connectivity index (χ1v) is 6.21. The van der Waals surface area contributed by atoms with Crippen molar-refractivity contribution in [1.82, 2.24) is 15.3 Å². The van der Waals surface area contributed by atoms with Crippen LogP contribution < -0.4 is 16.2 Å². The molecule has 0 aliphatic heterocycles. The monoisotopic (exact) mass is 252 g/mol. The molecule has 1 aromatic heterocycles. The van der Waals surface area contributed by atoms with Crippen LogP contribution >= 0.6 is 0 Å². The summed E-state index contributed by atoms with van der Waals surface area (Å²) in [6, 6.07) is 0.929. The lowest BCUT2D eigenvalue weighted by Crippen LogP contribution is -2.38. The minimum absolute atomic E-state index is 0.100. The Kier molecular flexibility index (Phi) is 5.35. The standard InChI is InChI=1S/C12H20N4O2/c1-4-6-13-12(18)8(3)14-10-7-11(17)16-9(5-2)15-10/h7-8H,4-6H2,1-3H3,(H,13,18)(H2,14,15,16,17). The van der Waals surface area contributed by atoms with Gasteiger partial charge in [0.2, 0.25) is 5.91 Å². The van der Waals surface area contributed by atoms with Gasteiger partial charge in [-0.05, 0) is 13.3 Å². The van der Waals surface area contributed by atoms with Gasteiger partial charge < -0.3 is 15.6 Å². The van der Waals surface area contributed by atoms with Gasteiger partial charge in [0.15, 0.2) is 0 Å². The zero-order chi connectivity index (χ0) is 13.5. The minimum Gasteiger partial charge on any atom is -0.358 e. The molecule has 0 fully saturated rings. The summed E-state index contributed by atoms with van der Waals surface area (Å²) in [5, 5.41) is 5.70. The van der Waals surface area contributed by atoms with Crippen LogP contribution in [-0.4, -0.2) is 28.5 Å². The van der Waals surface area contributed by atoms with Gasteiger partial charge in [-0.15, -0.1) is 0 Å². The Labute approximate surface area is 106 Å². The average Bonchev–Trinajstić information content (AvgIpc) is 2.34. The molecule has 0 aliphatic carbocycles. The van der Waals surface area contributed by atoms with Gasteiger partial charge >= 0.3 is 0 Å². The van der Waals surface area contributed by atoms with E-state index in [-0.39, 0.29) is 11.5 Å². The highest BCUT2D eigenvalue weighted by atomic mass is 16.2. The Hall–Kier alpha value is -1.85. The molecule has 1 atom stereocenters. The number of amides is 1. The summed E-state index contributed by atoms with van der Waals surface area (Å²) in [5.74, 6) is 0.929. The summed E-state index contributed by atoms with van der Waals surface area (Å²) >= 11 is 0. The number of nitrogens with one attached hydrogen (secondary N) is 3. The van der Waals surface area contributed by atoms with E-state index in [0.717, 1.165) is 6.42 Å². The van der Waals surface area contributed by atoms with E-state index in [2.05, 4.69) is 20.6 Å². The van der Waals surface area contributed by atoms with Gasteiger partial charge in [-0.3, -0.25) is 9.59 Å².